The van der Waals surface area contributed by atoms with Crippen LogP contribution in [0.1, 0.15) is 17.4 Å². The van der Waals surface area contributed by atoms with Crippen molar-refractivity contribution in [2.75, 3.05) is 33.9 Å². The number of aromatic nitrogens is 1. The number of ether oxygens (including phenoxy) is 3. The summed E-state index contributed by atoms with van der Waals surface area (Å²) in [6, 6.07) is 16.4. The van der Waals surface area contributed by atoms with Gasteiger partial charge in [-0.2, -0.15) is 0 Å². The molecule has 1 atom stereocenters. The minimum absolute atomic E-state index is 0.0207. The number of hydrogen-bond acceptors (Lipinski definition) is 5. The molecule has 3 aromatic rings. The Kier molecular flexibility index (Phi) is 5.23. The molecular formula is C22H24N2O3. The highest BCUT2D eigenvalue weighted by molar-refractivity contribution is 5.81. The van der Waals surface area contributed by atoms with Crippen LogP contribution in [0.5, 0.6) is 11.5 Å². The minimum Gasteiger partial charge on any atom is -0.497 e. The maximum Gasteiger partial charge on any atom is 0.127 e. The predicted molar refractivity (Wildman–Crippen MR) is 105 cm³/mol. The van der Waals surface area contributed by atoms with E-state index in [1.54, 1.807) is 14.2 Å². The highest BCUT2D eigenvalue weighted by Gasteiger charge is 2.24. The van der Waals surface area contributed by atoms with Crippen molar-refractivity contribution in [1.82, 2.24) is 9.88 Å². The molecule has 1 aliphatic heterocycles. The maximum absolute atomic E-state index is 6.02. The zero-order chi connectivity index (χ0) is 18.6. The lowest BCUT2D eigenvalue weighted by Gasteiger charge is -2.33. The Morgan fingerprint density at radius 1 is 1.07 bits per heavy atom. The van der Waals surface area contributed by atoms with Gasteiger partial charge in [-0.15, -0.1) is 0 Å². The maximum atomic E-state index is 6.02. The molecular weight excluding hydrogens is 340 g/mol. The van der Waals surface area contributed by atoms with Crippen molar-refractivity contribution in [3.8, 4) is 11.5 Å². The number of hydrogen-bond donors (Lipinski definition) is 0. The quantitative estimate of drug-likeness (QED) is 0.688. The minimum atomic E-state index is -0.0207. The second-order valence-electron chi connectivity index (χ2n) is 6.73. The Morgan fingerprint density at radius 2 is 1.93 bits per heavy atom. The first-order valence-electron chi connectivity index (χ1n) is 9.16. The van der Waals surface area contributed by atoms with Gasteiger partial charge < -0.3 is 14.2 Å². The molecule has 1 fully saturated rings. The van der Waals surface area contributed by atoms with Crippen LogP contribution in [-0.4, -0.2) is 43.8 Å². The average Bonchev–Trinajstić information content (AvgIpc) is 2.74. The molecule has 0 radical (unpaired) electrons. The van der Waals surface area contributed by atoms with E-state index in [-0.39, 0.29) is 6.10 Å². The number of fused-ring (bicyclic) bond motifs is 1. The van der Waals surface area contributed by atoms with Gasteiger partial charge in [-0.1, -0.05) is 30.3 Å². The zero-order valence-corrected chi connectivity index (χ0v) is 15.7. The van der Waals surface area contributed by atoms with Gasteiger partial charge in [-0.05, 0) is 17.5 Å². The number of methoxy groups -OCH3 is 2. The molecule has 2 aromatic carbocycles. The number of pyridine rings is 1. The lowest BCUT2D eigenvalue weighted by Crippen LogP contribution is -2.38. The molecule has 5 nitrogen and oxygen atoms in total. The summed E-state index contributed by atoms with van der Waals surface area (Å²) in [5.74, 6) is 1.65. The summed E-state index contributed by atoms with van der Waals surface area (Å²) in [4.78, 5) is 7.02. The molecule has 1 unspecified atom stereocenters. The topological polar surface area (TPSA) is 43.8 Å². The molecule has 2 heterocycles. The van der Waals surface area contributed by atoms with Crippen LogP contribution < -0.4 is 9.47 Å². The highest BCUT2D eigenvalue weighted by Crippen LogP contribution is 2.28. The molecule has 0 N–H and O–H groups in total. The van der Waals surface area contributed by atoms with Crippen molar-refractivity contribution in [1.29, 1.82) is 0 Å². The molecule has 1 saturated heterocycles. The van der Waals surface area contributed by atoms with E-state index in [0.717, 1.165) is 47.8 Å². The number of nitrogens with zero attached hydrogens (tertiary/aromatic N) is 2. The second kappa shape index (κ2) is 7.94. The molecule has 0 amide bonds. The monoisotopic (exact) mass is 364 g/mol. The van der Waals surface area contributed by atoms with Crippen molar-refractivity contribution >= 4 is 10.8 Å². The predicted octanol–water partition coefficient (Wildman–Crippen LogP) is 3.83. The van der Waals surface area contributed by atoms with Gasteiger partial charge >= 0.3 is 0 Å². The Labute approximate surface area is 159 Å². The largest absolute Gasteiger partial charge is 0.497 e. The summed E-state index contributed by atoms with van der Waals surface area (Å²) in [6.45, 7) is 3.19. The molecule has 0 spiro atoms. The number of rotatable bonds is 5. The lowest BCUT2D eigenvalue weighted by molar-refractivity contribution is -0.0350. The number of morpholine rings is 1. The van der Waals surface area contributed by atoms with Crippen LogP contribution in [0.2, 0.25) is 0 Å². The SMILES string of the molecule is COc1ccc(CN2CCOC(c3cc4ccccc4cn3)C2)c(OC)c1. The van der Waals surface area contributed by atoms with E-state index in [1.165, 1.54) is 5.39 Å². The van der Waals surface area contributed by atoms with E-state index in [0.29, 0.717) is 6.61 Å². The molecule has 4 rings (SSSR count). The van der Waals surface area contributed by atoms with Crippen molar-refractivity contribution in [3.05, 3.63) is 66.0 Å². The third-order valence-corrected chi connectivity index (χ3v) is 5.02. The van der Waals surface area contributed by atoms with Crippen molar-refractivity contribution in [2.45, 2.75) is 12.6 Å². The van der Waals surface area contributed by atoms with Crippen LogP contribution in [0.15, 0.2) is 54.7 Å². The van der Waals surface area contributed by atoms with E-state index < -0.39 is 0 Å². The van der Waals surface area contributed by atoms with E-state index in [9.17, 15) is 0 Å². The van der Waals surface area contributed by atoms with Crippen molar-refractivity contribution in [2.24, 2.45) is 0 Å². The summed E-state index contributed by atoms with van der Waals surface area (Å²) in [5.41, 5.74) is 2.13. The Bertz CT molecular complexity index is 928. The highest BCUT2D eigenvalue weighted by atomic mass is 16.5. The fraction of sp³-hybridized carbons (Fsp3) is 0.318. The van der Waals surface area contributed by atoms with Gasteiger partial charge in [0.15, 0.2) is 0 Å². The standard InChI is InChI=1S/C22H24N2O3/c1-25-19-8-7-18(21(12-19)26-2)14-24-9-10-27-22(15-24)20-11-16-5-3-4-6-17(16)13-23-20/h3-8,11-13,22H,9-10,14-15H2,1-2H3. The molecule has 0 aliphatic carbocycles. The third kappa shape index (κ3) is 3.89. The van der Waals surface area contributed by atoms with Crippen LogP contribution in [0.4, 0.5) is 0 Å². The average molecular weight is 364 g/mol. The molecule has 0 saturated carbocycles. The summed E-state index contributed by atoms with van der Waals surface area (Å²) in [6.07, 6.45) is 1.91. The van der Waals surface area contributed by atoms with Gasteiger partial charge in [-0.3, -0.25) is 9.88 Å². The zero-order valence-electron chi connectivity index (χ0n) is 15.7. The Hall–Kier alpha value is -2.63. The van der Waals surface area contributed by atoms with Crippen LogP contribution in [0.3, 0.4) is 0 Å². The van der Waals surface area contributed by atoms with E-state index in [2.05, 4.69) is 40.2 Å². The summed E-state index contributed by atoms with van der Waals surface area (Å²) in [5, 5.41) is 2.34. The van der Waals surface area contributed by atoms with E-state index >= 15 is 0 Å². The lowest BCUT2D eigenvalue weighted by atomic mass is 10.1. The van der Waals surface area contributed by atoms with E-state index in [4.69, 9.17) is 14.2 Å². The second-order valence-corrected chi connectivity index (χ2v) is 6.73. The van der Waals surface area contributed by atoms with Gasteiger partial charge in [0.1, 0.15) is 17.6 Å². The Balaban J connectivity index is 1.51. The fourth-order valence-corrected chi connectivity index (χ4v) is 3.53. The van der Waals surface area contributed by atoms with Crippen molar-refractivity contribution < 1.29 is 14.2 Å². The summed E-state index contributed by atoms with van der Waals surface area (Å²) < 4.78 is 16.8. The molecule has 140 valence electrons. The van der Waals surface area contributed by atoms with Gasteiger partial charge in [0.25, 0.3) is 0 Å². The van der Waals surface area contributed by atoms with Gasteiger partial charge in [0.05, 0.1) is 26.5 Å². The molecule has 0 bridgehead atoms. The fourth-order valence-electron chi connectivity index (χ4n) is 3.53. The van der Waals surface area contributed by atoms with E-state index in [1.807, 2.05) is 24.4 Å². The first kappa shape index (κ1) is 17.8. The first-order chi connectivity index (χ1) is 13.3. The third-order valence-electron chi connectivity index (χ3n) is 5.02. The Morgan fingerprint density at radius 3 is 2.74 bits per heavy atom. The van der Waals surface area contributed by atoms with Gasteiger partial charge in [-0.25, -0.2) is 0 Å². The van der Waals surface area contributed by atoms with Crippen LogP contribution in [-0.2, 0) is 11.3 Å². The molecule has 27 heavy (non-hydrogen) atoms. The van der Waals surface area contributed by atoms with Gasteiger partial charge in [0.2, 0.25) is 0 Å². The molecule has 1 aromatic heterocycles. The van der Waals surface area contributed by atoms with Crippen LogP contribution >= 0.6 is 0 Å². The molecule has 5 heteroatoms. The number of benzene rings is 2. The molecule has 1 aliphatic rings. The first-order valence-corrected chi connectivity index (χ1v) is 9.16. The van der Waals surface area contributed by atoms with Crippen molar-refractivity contribution in [3.63, 3.8) is 0 Å². The summed E-state index contributed by atoms with van der Waals surface area (Å²) >= 11 is 0. The van der Waals surface area contributed by atoms with Crippen LogP contribution in [0, 0.1) is 0 Å². The summed E-state index contributed by atoms with van der Waals surface area (Å²) in [7, 11) is 3.36. The van der Waals surface area contributed by atoms with Gasteiger partial charge in [0, 0.05) is 42.8 Å². The smallest absolute Gasteiger partial charge is 0.127 e. The van der Waals surface area contributed by atoms with Crippen LogP contribution in [0.25, 0.3) is 10.8 Å². The normalized spacial score (nSPS) is 17.8.